The molecule has 20 heavy (non-hydrogen) atoms. The van der Waals surface area contributed by atoms with Crippen molar-refractivity contribution < 1.29 is 4.79 Å². The van der Waals surface area contributed by atoms with Crippen molar-refractivity contribution in [2.45, 2.75) is 30.8 Å². The average Bonchev–Trinajstić information content (AvgIpc) is 2.45. The zero-order valence-corrected chi connectivity index (χ0v) is 12.1. The maximum Gasteiger partial charge on any atom is 0.243 e. The molecule has 2 fully saturated rings. The monoisotopic (exact) mass is 273 g/mol. The molecule has 1 aliphatic heterocycles. The van der Waals surface area contributed by atoms with Crippen molar-refractivity contribution in [2.24, 2.45) is 5.73 Å². The minimum atomic E-state index is -0.594. The molecule has 1 amide bonds. The molecule has 1 unspecified atom stereocenters. The molecule has 4 nitrogen and oxygen atoms in total. The summed E-state index contributed by atoms with van der Waals surface area (Å²) in [7, 11) is 2.11. The van der Waals surface area contributed by atoms with Crippen LogP contribution in [-0.2, 0) is 4.79 Å². The largest absolute Gasteiger partial charge is 0.331 e. The van der Waals surface area contributed by atoms with Crippen LogP contribution in [0.4, 0.5) is 0 Å². The van der Waals surface area contributed by atoms with Crippen LogP contribution in [0.5, 0.6) is 0 Å². The zero-order valence-electron chi connectivity index (χ0n) is 12.1. The van der Waals surface area contributed by atoms with E-state index in [0.29, 0.717) is 0 Å². The predicted molar refractivity (Wildman–Crippen MR) is 79.2 cm³/mol. The van der Waals surface area contributed by atoms with Gasteiger partial charge < -0.3 is 15.5 Å². The van der Waals surface area contributed by atoms with E-state index in [0.717, 1.165) is 38.9 Å². The number of hydrogen-bond donors (Lipinski definition) is 1. The fourth-order valence-electron chi connectivity index (χ4n) is 3.18. The number of piperazine rings is 1. The number of benzene rings is 1. The highest BCUT2D eigenvalue weighted by Crippen LogP contribution is 2.35. The molecule has 1 atom stereocenters. The Balaban J connectivity index is 1.85. The van der Waals surface area contributed by atoms with Gasteiger partial charge >= 0.3 is 0 Å². The van der Waals surface area contributed by atoms with Crippen molar-refractivity contribution >= 4 is 5.91 Å². The van der Waals surface area contributed by atoms with Crippen molar-refractivity contribution in [3.8, 4) is 0 Å². The van der Waals surface area contributed by atoms with Crippen LogP contribution < -0.4 is 5.73 Å². The highest BCUT2D eigenvalue weighted by Gasteiger charge is 2.45. The number of hydrogen-bond acceptors (Lipinski definition) is 3. The fraction of sp³-hybridized carbons (Fsp3) is 0.562. The minimum Gasteiger partial charge on any atom is -0.331 e. The first kappa shape index (κ1) is 13.6. The van der Waals surface area contributed by atoms with Gasteiger partial charge in [-0.25, -0.2) is 0 Å². The first-order valence-corrected chi connectivity index (χ1v) is 7.44. The molecule has 108 valence electrons. The fourth-order valence-corrected chi connectivity index (χ4v) is 3.18. The molecule has 0 aromatic heterocycles. The number of likely N-dealkylation sites (N-methyl/N-ethyl adjacent to an activating group) is 1. The van der Waals surface area contributed by atoms with E-state index in [9.17, 15) is 4.79 Å². The molecule has 0 spiro atoms. The van der Waals surface area contributed by atoms with E-state index in [1.165, 1.54) is 5.56 Å². The summed E-state index contributed by atoms with van der Waals surface area (Å²) in [6.45, 7) is 2.57. The molecular weight excluding hydrogens is 250 g/mol. The average molecular weight is 273 g/mol. The molecule has 3 rings (SSSR count). The van der Waals surface area contributed by atoms with E-state index >= 15 is 0 Å². The molecule has 1 saturated carbocycles. The SMILES string of the molecule is CN1CCN(C(=O)C2(N)CCC2)C(c2ccccc2)C1. The maximum absolute atomic E-state index is 12.8. The van der Waals surface area contributed by atoms with Crippen molar-refractivity contribution in [1.29, 1.82) is 0 Å². The van der Waals surface area contributed by atoms with E-state index in [4.69, 9.17) is 5.73 Å². The van der Waals surface area contributed by atoms with Crippen molar-refractivity contribution in [3.05, 3.63) is 35.9 Å². The highest BCUT2D eigenvalue weighted by atomic mass is 16.2. The van der Waals surface area contributed by atoms with Gasteiger partial charge in [0.1, 0.15) is 0 Å². The van der Waals surface area contributed by atoms with Crippen LogP contribution in [-0.4, -0.2) is 47.9 Å². The third-order valence-corrected chi connectivity index (χ3v) is 4.70. The first-order valence-electron chi connectivity index (χ1n) is 7.44. The summed E-state index contributed by atoms with van der Waals surface area (Å²) in [4.78, 5) is 17.1. The predicted octanol–water partition coefficient (Wildman–Crippen LogP) is 1.38. The standard InChI is InChI=1S/C16H23N3O/c1-18-10-11-19(15(20)16(17)8-5-9-16)14(12-18)13-6-3-2-4-7-13/h2-4,6-7,14H,5,8-12,17H2,1H3. The molecule has 0 radical (unpaired) electrons. The smallest absolute Gasteiger partial charge is 0.243 e. The summed E-state index contributed by atoms with van der Waals surface area (Å²) in [5, 5.41) is 0. The summed E-state index contributed by atoms with van der Waals surface area (Å²) in [5.41, 5.74) is 6.86. The molecule has 1 aromatic rings. The van der Waals surface area contributed by atoms with E-state index in [-0.39, 0.29) is 11.9 Å². The van der Waals surface area contributed by atoms with Gasteiger partial charge in [-0.2, -0.15) is 0 Å². The van der Waals surface area contributed by atoms with E-state index in [1.807, 2.05) is 23.1 Å². The Hall–Kier alpha value is -1.39. The Morgan fingerprint density at radius 3 is 2.55 bits per heavy atom. The second kappa shape index (κ2) is 5.19. The molecule has 1 heterocycles. The number of nitrogens with zero attached hydrogens (tertiary/aromatic N) is 2. The van der Waals surface area contributed by atoms with Crippen molar-refractivity contribution in [3.63, 3.8) is 0 Å². The quantitative estimate of drug-likeness (QED) is 0.885. The molecular formula is C16H23N3O. The Morgan fingerprint density at radius 2 is 1.95 bits per heavy atom. The summed E-state index contributed by atoms with van der Waals surface area (Å²) >= 11 is 0. The van der Waals surface area contributed by atoms with Crippen LogP contribution in [0.25, 0.3) is 0 Å². The second-order valence-electron chi connectivity index (χ2n) is 6.20. The molecule has 2 N–H and O–H groups in total. The van der Waals surface area contributed by atoms with Gasteiger partial charge in [-0.3, -0.25) is 4.79 Å². The van der Waals surface area contributed by atoms with Crippen molar-refractivity contribution in [2.75, 3.05) is 26.7 Å². The number of amides is 1. The van der Waals surface area contributed by atoms with Crippen LogP contribution >= 0.6 is 0 Å². The van der Waals surface area contributed by atoms with Gasteiger partial charge in [0.25, 0.3) is 0 Å². The van der Waals surface area contributed by atoms with Gasteiger partial charge in [0.2, 0.25) is 5.91 Å². The number of carbonyl (C=O) groups excluding carboxylic acids is 1. The van der Waals surface area contributed by atoms with E-state index in [1.54, 1.807) is 0 Å². The third kappa shape index (κ3) is 2.34. The lowest BCUT2D eigenvalue weighted by molar-refractivity contribution is -0.145. The van der Waals surface area contributed by atoms with E-state index in [2.05, 4.69) is 24.1 Å². The molecule has 0 bridgehead atoms. The lowest BCUT2D eigenvalue weighted by Crippen LogP contribution is -2.62. The Bertz CT molecular complexity index is 484. The van der Waals surface area contributed by atoms with Crippen LogP contribution in [0.2, 0.25) is 0 Å². The van der Waals surface area contributed by atoms with E-state index < -0.39 is 5.54 Å². The highest BCUT2D eigenvalue weighted by molar-refractivity contribution is 5.87. The van der Waals surface area contributed by atoms with Crippen LogP contribution in [0, 0.1) is 0 Å². The summed E-state index contributed by atoms with van der Waals surface area (Å²) in [5.74, 6) is 0.144. The first-order chi connectivity index (χ1) is 9.60. The maximum atomic E-state index is 12.8. The Labute approximate surface area is 120 Å². The second-order valence-corrected chi connectivity index (χ2v) is 6.20. The van der Waals surface area contributed by atoms with Crippen LogP contribution in [0.3, 0.4) is 0 Å². The molecule has 4 heteroatoms. The molecule has 2 aliphatic rings. The molecule has 1 saturated heterocycles. The number of rotatable bonds is 2. The topological polar surface area (TPSA) is 49.6 Å². The van der Waals surface area contributed by atoms with Gasteiger partial charge in [-0.05, 0) is 31.9 Å². The Morgan fingerprint density at radius 1 is 1.25 bits per heavy atom. The van der Waals surface area contributed by atoms with Crippen LogP contribution in [0.15, 0.2) is 30.3 Å². The van der Waals surface area contributed by atoms with Gasteiger partial charge in [-0.15, -0.1) is 0 Å². The summed E-state index contributed by atoms with van der Waals surface area (Å²) < 4.78 is 0. The van der Waals surface area contributed by atoms with Crippen LogP contribution in [0.1, 0.15) is 30.9 Å². The molecule has 1 aromatic carbocycles. The lowest BCUT2D eigenvalue weighted by atomic mass is 9.76. The van der Waals surface area contributed by atoms with Gasteiger partial charge in [0.15, 0.2) is 0 Å². The number of carbonyl (C=O) groups is 1. The third-order valence-electron chi connectivity index (χ3n) is 4.70. The zero-order chi connectivity index (χ0) is 14.2. The Kier molecular flexibility index (Phi) is 3.52. The minimum absolute atomic E-state index is 0.128. The summed E-state index contributed by atoms with van der Waals surface area (Å²) in [6, 6.07) is 10.4. The van der Waals surface area contributed by atoms with Gasteiger partial charge in [0, 0.05) is 19.6 Å². The summed E-state index contributed by atoms with van der Waals surface area (Å²) in [6.07, 6.45) is 2.74. The number of nitrogens with two attached hydrogens (primary N) is 1. The lowest BCUT2D eigenvalue weighted by Gasteiger charge is -2.46. The normalized spacial score (nSPS) is 26.1. The van der Waals surface area contributed by atoms with Gasteiger partial charge in [-0.1, -0.05) is 30.3 Å². The van der Waals surface area contributed by atoms with Crippen molar-refractivity contribution in [1.82, 2.24) is 9.80 Å². The molecule has 1 aliphatic carbocycles. The van der Waals surface area contributed by atoms with Gasteiger partial charge in [0.05, 0.1) is 11.6 Å².